The fraction of sp³-hybridized carbons (Fsp3) is 0.818. The van der Waals surface area contributed by atoms with Crippen LogP contribution in [-0.4, -0.2) is 29.7 Å². The summed E-state index contributed by atoms with van der Waals surface area (Å²) in [7, 11) is 0. The van der Waals surface area contributed by atoms with Crippen LogP contribution in [0.25, 0.3) is 0 Å². The van der Waals surface area contributed by atoms with Crippen molar-refractivity contribution in [2.45, 2.75) is 45.2 Å². The van der Waals surface area contributed by atoms with E-state index in [1.165, 1.54) is 36.8 Å². The van der Waals surface area contributed by atoms with Crippen LogP contribution in [0.15, 0.2) is 12.2 Å². The van der Waals surface area contributed by atoms with E-state index in [-0.39, 0.29) is 0 Å². The van der Waals surface area contributed by atoms with E-state index in [1.54, 1.807) is 0 Å². The number of nitrogens with zero attached hydrogens (tertiary/aromatic N) is 1. The van der Waals surface area contributed by atoms with E-state index < -0.39 is 0 Å². The lowest BCUT2D eigenvalue weighted by molar-refractivity contribution is -0.961. The van der Waals surface area contributed by atoms with Gasteiger partial charge in [-0.1, -0.05) is 0 Å². The van der Waals surface area contributed by atoms with Gasteiger partial charge in [0.1, 0.15) is 0 Å². The van der Waals surface area contributed by atoms with Crippen molar-refractivity contribution in [2.75, 3.05) is 13.1 Å². The maximum Gasteiger partial charge on any atom is 0.0982 e. The summed E-state index contributed by atoms with van der Waals surface area (Å²) in [5.74, 6) is 0. The predicted octanol–water partition coefficient (Wildman–Crippen LogP) is 2.33. The zero-order chi connectivity index (χ0) is 8.60. The first-order chi connectivity index (χ1) is 5.76. The van der Waals surface area contributed by atoms with Crippen LogP contribution in [0.2, 0.25) is 0 Å². The molecule has 2 unspecified atom stereocenters. The lowest BCUT2D eigenvalue weighted by Gasteiger charge is -2.48. The van der Waals surface area contributed by atoms with Crippen molar-refractivity contribution in [2.24, 2.45) is 0 Å². The molecular formula is C11H20N+. The first-order valence-corrected chi connectivity index (χ1v) is 5.27. The molecule has 2 heterocycles. The standard InChI is InChI=1S/C11H20N/c1-10-6-5-7-11(2)12(10)8-3-4-9-12/h3-4,10-11H,5-9H2,1-2H3/q+1. The Morgan fingerprint density at radius 1 is 1.00 bits per heavy atom. The Bertz CT molecular complexity index is 175. The molecule has 12 heavy (non-hydrogen) atoms. The molecule has 0 aromatic heterocycles. The molecule has 0 bridgehead atoms. The molecule has 2 rings (SSSR count). The van der Waals surface area contributed by atoms with Gasteiger partial charge in [0, 0.05) is 0 Å². The van der Waals surface area contributed by atoms with E-state index in [4.69, 9.17) is 0 Å². The molecule has 68 valence electrons. The minimum Gasteiger partial charge on any atom is -0.313 e. The minimum atomic E-state index is 0.892. The second kappa shape index (κ2) is 2.88. The van der Waals surface area contributed by atoms with Crippen LogP contribution in [0.5, 0.6) is 0 Å². The first-order valence-electron chi connectivity index (χ1n) is 5.27. The number of rotatable bonds is 0. The van der Waals surface area contributed by atoms with Gasteiger partial charge in [-0.15, -0.1) is 0 Å². The number of hydrogen-bond acceptors (Lipinski definition) is 0. The number of piperidine rings is 1. The maximum absolute atomic E-state index is 2.43. The van der Waals surface area contributed by atoms with Crippen LogP contribution in [0.4, 0.5) is 0 Å². The number of hydrogen-bond donors (Lipinski definition) is 0. The smallest absolute Gasteiger partial charge is 0.0982 e. The predicted molar refractivity (Wildman–Crippen MR) is 51.9 cm³/mol. The van der Waals surface area contributed by atoms with E-state index in [0.717, 1.165) is 12.1 Å². The molecule has 0 amide bonds. The Balaban J connectivity index is 2.18. The summed E-state index contributed by atoms with van der Waals surface area (Å²) in [6, 6.07) is 1.78. The Kier molecular flexibility index (Phi) is 1.99. The van der Waals surface area contributed by atoms with Crippen molar-refractivity contribution in [1.29, 1.82) is 0 Å². The molecule has 1 spiro atoms. The van der Waals surface area contributed by atoms with Crippen LogP contribution in [-0.2, 0) is 0 Å². The normalized spacial score (nSPS) is 39.2. The molecule has 0 radical (unpaired) electrons. The van der Waals surface area contributed by atoms with Crippen molar-refractivity contribution in [3.05, 3.63) is 12.2 Å². The van der Waals surface area contributed by atoms with Crippen molar-refractivity contribution < 1.29 is 4.48 Å². The molecule has 1 heteroatoms. The molecule has 2 aliphatic heterocycles. The molecular weight excluding hydrogens is 146 g/mol. The van der Waals surface area contributed by atoms with Crippen molar-refractivity contribution >= 4 is 0 Å². The van der Waals surface area contributed by atoms with Gasteiger partial charge >= 0.3 is 0 Å². The Morgan fingerprint density at radius 3 is 2.00 bits per heavy atom. The van der Waals surface area contributed by atoms with Gasteiger partial charge in [-0.05, 0) is 45.3 Å². The van der Waals surface area contributed by atoms with Crippen LogP contribution < -0.4 is 0 Å². The van der Waals surface area contributed by atoms with Crippen LogP contribution in [0.1, 0.15) is 33.1 Å². The van der Waals surface area contributed by atoms with Crippen molar-refractivity contribution in [3.8, 4) is 0 Å². The fourth-order valence-corrected chi connectivity index (χ4v) is 2.99. The number of quaternary nitrogens is 1. The van der Waals surface area contributed by atoms with Gasteiger partial charge in [-0.3, -0.25) is 0 Å². The third kappa shape index (κ3) is 1.03. The second-order valence-corrected chi connectivity index (χ2v) is 4.57. The van der Waals surface area contributed by atoms with Gasteiger partial charge in [0.2, 0.25) is 0 Å². The summed E-state index contributed by atoms with van der Waals surface area (Å²) < 4.78 is 1.36. The minimum absolute atomic E-state index is 0.892. The monoisotopic (exact) mass is 166 g/mol. The molecule has 1 fully saturated rings. The van der Waals surface area contributed by atoms with Crippen molar-refractivity contribution in [3.63, 3.8) is 0 Å². The fourth-order valence-electron chi connectivity index (χ4n) is 2.99. The van der Waals surface area contributed by atoms with Gasteiger partial charge in [0.15, 0.2) is 0 Å². The molecule has 1 nitrogen and oxygen atoms in total. The van der Waals surface area contributed by atoms with E-state index in [1.807, 2.05) is 0 Å². The Hall–Kier alpha value is -0.300. The van der Waals surface area contributed by atoms with E-state index in [9.17, 15) is 0 Å². The molecule has 0 aliphatic carbocycles. The van der Waals surface area contributed by atoms with Gasteiger partial charge in [0.25, 0.3) is 0 Å². The SMILES string of the molecule is CC1CCCC(C)[N+]12CC=CC2. The molecule has 0 saturated carbocycles. The zero-order valence-corrected chi connectivity index (χ0v) is 8.29. The highest BCUT2D eigenvalue weighted by Crippen LogP contribution is 2.33. The van der Waals surface area contributed by atoms with Crippen LogP contribution in [0, 0.1) is 0 Å². The molecule has 2 aliphatic rings. The molecule has 1 saturated heterocycles. The summed E-state index contributed by atoms with van der Waals surface area (Å²) in [6.45, 7) is 7.45. The van der Waals surface area contributed by atoms with Crippen LogP contribution in [0.3, 0.4) is 0 Å². The first kappa shape index (κ1) is 8.31. The topological polar surface area (TPSA) is 0 Å². The lowest BCUT2D eigenvalue weighted by atomic mass is 9.94. The summed E-state index contributed by atoms with van der Waals surface area (Å²) in [5, 5.41) is 0. The maximum atomic E-state index is 2.43. The quantitative estimate of drug-likeness (QED) is 0.383. The highest BCUT2D eigenvalue weighted by Gasteiger charge is 2.41. The molecule has 0 aromatic rings. The average Bonchev–Trinajstić information content (AvgIpc) is 2.50. The van der Waals surface area contributed by atoms with Gasteiger partial charge < -0.3 is 4.48 Å². The Labute approximate surface area is 75.7 Å². The summed E-state index contributed by atoms with van der Waals surface area (Å²) in [5.41, 5.74) is 0. The Morgan fingerprint density at radius 2 is 1.50 bits per heavy atom. The van der Waals surface area contributed by atoms with Gasteiger partial charge in [-0.2, -0.15) is 0 Å². The van der Waals surface area contributed by atoms with Gasteiger partial charge in [-0.25, -0.2) is 0 Å². The van der Waals surface area contributed by atoms with E-state index >= 15 is 0 Å². The highest BCUT2D eigenvalue weighted by molar-refractivity contribution is 4.91. The van der Waals surface area contributed by atoms with Crippen LogP contribution >= 0.6 is 0 Å². The summed E-state index contributed by atoms with van der Waals surface area (Å²) >= 11 is 0. The average molecular weight is 166 g/mol. The third-order valence-electron chi connectivity index (χ3n) is 4.06. The highest BCUT2D eigenvalue weighted by atomic mass is 15.4. The zero-order valence-electron chi connectivity index (χ0n) is 8.29. The molecule has 0 aromatic carbocycles. The van der Waals surface area contributed by atoms with E-state index in [2.05, 4.69) is 26.0 Å². The largest absolute Gasteiger partial charge is 0.313 e. The summed E-state index contributed by atoms with van der Waals surface area (Å²) in [4.78, 5) is 0. The third-order valence-corrected chi connectivity index (χ3v) is 4.06. The van der Waals surface area contributed by atoms with Gasteiger partial charge in [0.05, 0.1) is 25.2 Å². The second-order valence-electron chi connectivity index (χ2n) is 4.57. The van der Waals surface area contributed by atoms with E-state index in [0.29, 0.717) is 0 Å². The molecule has 2 atom stereocenters. The summed E-state index contributed by atoms with van der Waals surface area (Å²) in [6.07, 6.45) is 9.07. The lowest BCUT2D eigenvalue weighted by Crippen LogP contribution is -2.60. The molecule has 0 N–H and O–H groups in total. The van der Waals surface area contributed by atoms with Crippen molar-refractivity contribution in [1.82, 2.24) is 0 Å².